The summed E-state index contributed by atoms with van der Waals surface area (Å²) in [6.07, 6.45) is 2.16. The van der Waals surface area contributed by atoms with Crippen molar-refractivity contribution >= 4 is 17.2 Å². The molecule has 1 heterocycles. The van der Waals surface area contributed by atoms with Crippen LogP contribution in [0.15, 0.2) is 11.6 Å². The second-order valence-corrected chi connectivity index (χ2v) is 3.82. The number of aromatic nitrogens is 1. The summed E-state index contributed by atoms with van der Waals surface area (Å²) in [5.74, 6) is -0.0796. The Hall–Kier alpha value is -0.940. The number of ether oxygens (including phenoxy) is 1. The van der Waals surface area contributed by atoms with E-state index in [9.17, 15) is 4.79 Å². The fourth-order valence-electron chi connectivity index (χ4n) is 0.920. The highest BCUT2D eigenvalue weighted by Gasteiger charge is 2.09. The zero-order valence-corrected chi connectivity index (χ0v) is 9.13. The standard InChI is InChI=1S/C9H14N2O2S/c1-7(13-2)9(12)11-4-3-8-10-5-6-14-8/h5-7H,3-4H2,1-2H3,(H,11,12). The zero-order chi connectivity index (χ0) is 10.4. The minimum Gasteiger partial charge on any atom is -0.372 e. The molecule has 1 aromatic rings. The molecule has 0 saturated heterocycles. The molecule has 1 amide bonds. The molecule has 4 nitrogen and oxygen atoms in total. The fourth-order valence-corrected chi connectivity index (χ4v) is 1.54. The van der Waals surface area contributed by atoms with Crippen molar-refractivity contribution in [1.29, 1.82) is 0 Å². The number of carbonyl (C=O) groups is 1. The molecule has 1 unspecified atom stereocenters. The molecule has 0 aliphatic rings. The highest BCUT2D eigenvalue weighted by Crippen LogP contribution is 2.03. The van der Waals surface area contributed by atoms with Crippen molar-refractivity contribution < 1.29 is 9.53 Å². The van der Waals surface area contributed by atoms with E-state index in [0.29, 0.717) is 6.54 Å². The Bertz CT molecular complexity index is 274. The number of hydrogen-bond acceptors (Lipinski definition) is 4. The Morgan fingerprint density at radius 2 is 2.57 bits per heavy atom. The van der Waals surface area contributed by atoms with Gasteiger partial charge in [-0.15, -0.1) is 11.3 Å². The quantitative estimate of drug-likeness (QED) is 0.790. The third-order valence-electron chi connectivity index (χ3n) is 1.84. The number of hydrogen-bond donors (Lipinski definition) is 1. The normalized spacial score (nSPS) is 12.4. The third-order valence-corrected chi connectivity index (χ3v) is 2.68. The predicted molar refractivity (Wildman–Crippen MR) is 55.3 cm³/mol. The first kappa shape index (κ1) is 11.1. The molecule has 0 aliphatic heterocycles. The molecule has 1 N–H and O–H groups in total. The molecule has 0 saturated carbocycles. The number of thiazole rings is 1. The lowest BCUT2D eigenvalue weighted by molar-refractivity contribution is -0.129. The van der Waals surface area contributed by atoms with Gasteiger partial charge in [-0.05, 0) is 6.92 Å². The first-order valence-electron chi connectivity index (χ1n) is 4.43. The number of carbonyl (C=O) groups excluding carboxylic acids is 1. The van der Waals surface area contributed by atoms with Gasteiger partial charge in [0.05, 0.1) is 5.01 Å². The van der Waals surface area contributed by atoms with E-state index in [1.807, 2.05) is 5.38 Å². The first-order chi connectivity index (χ1) is 6.74. The number of rotatable bonds is 5. The smallest absolute Gasteiger partial charge is 0.248 e. The van der Waals surface area contributed by atoms with Crippen LogP contribution in [0.3, 0.4) is 0 Å². The van der Waals surface area contributed by atoms with Gasteiger partial charge in [0.2, 0.25) is 5.91 Å². The summed E-state index contributed by atoms with van der Waals surface area (Å²) in [6, 6.07) is 0. The van der Waals surface area contributed by atoms with Crippen LogP contribution in [0.1, 0.15) is 11.9 Å². The SMILES string of the molecule is COC(C)C(=O)NCCc1nccs1. The lowest BCUT2D eigenvalue weighted by Crippen LogP contribution is -2.35. The number of nitrogens with zero attached hydrogens (tertiary/aromatic N) is 1. The van der Waals surface area contributed by atoms with E-state index in [1.54, 1.807) is 24.5 Å². The molecule has 0 aromatic carbocycles. The zero-order valence-electron chi connectivity index (χ0n) is 8.32. The Morgan fingerprint density at radius 1 is 1.79 bits per heavy atom. The van der Waals surface area contributed by atoms with Gasteiger partial charge in [-0.25, -0.2) is 4.98 Å². The van der Waals surface area contributed by atoms with Crippen molar-refractivity contribution in [2.24, 2.45) is 0 Å². The maximum atomic E-state index is 11.2. The predicted octanol–water partition coefficient (Wildman–Crippen LogP) is 0.837. The van der Waals surface area contributed by atoms with Crippen molar-refractivity contribution in [3.05, 3.63) is 16.6 Å². The summed E-state index contributed by atoms with van der Waals surface area (Å²) in [6.45, 7) is 2.33. The van der Waals surface area contributed by atoms with Crippen LogP contribution in [0.2, 0.25) is 0 Å². The second kappa shape index (κ2) is 5.72. The Morgan fingerprint density at radius 3 is 3.14 bits per heavy atom. The molecular formula is C9H14N2O2S. The Labute approximate surface area is 87.3 Å². The van der Waals surface area contributed by atoms with Gasteiger partial charge in [-0.3, -0.25) is 4.79 Å². The lowest BCUT2D eigenvalue weighted by Gasteiger charge is -2.09. The van der Waals surface area contributed by atoms with E-state index in [4.69, 9.17) is 4.74 Å². The van der Waals surface area contributed by atoms with Crippen molar-refractivity contribution in [2.45, 2.75) is 19.4 Å². The van der Waals surface area contributed by atoms with Gasteiger partial charge >= 0.3 is 0 Å². The largest absolute Gasteiger partial charge is 0.372 e. The Kier molecular flexibility index (Phi) is 4.55. The summed E-state index contributed by atoms with van der Waals surface area (Å²) in [5.41, 5.74) is 0. The van der Waals surface area contributed by atoms with Crippen molar-refractivity contribution in [3.63, 3.8) is 0 Å². The van der Waals surface area contributed by atoms with E-state index in [0.717, 1.165) is 11.4 Å². The molecule has 1 aromatic heterocycles. The summed E-state index contributed by atoms with van der Waals surface area (Å²) < 4.78 is 4.87. The van der Waals surface area contributed by atoms with Gasteiger partial charge in [0.25, 0.3) is 0 Å². The van der Waals surface area contributed by atoms with Gasteiger partial charge in [0.1, 0.15) is 6.10 Å². The van der Waals surface area contributed by atoms with E-state index in [1.165, 1.54) is 7.11 Å². The third kappa shape index (κ3) is 3.43. The van der Waals surface area contributed by atoms with E-state index < -0.39 is 0 Å². The molecule has 78 valence electrons. The molecular weight excluding hydrogens is 200 g/mol. The minimum absolute atomic E-state index is 0.0796. The van der Waals surface area contributed by atoms with Gasteiger partial charge in [-0.2, -0.15) is 0 Å². The van der Waals surface area contributed by atoms with Gasteiger partial charge in [0.15, 0.2) is 0 Å². The lowest BCUT2D eigenvalue weighted by atomic mass is 10.3. The summed E-state index contributed by atoms with van der Waals surface area (Å²) in [7, 11) is 1.52. The van der Waals surface area contributed by atoms with Crippen molar-refractivity contribution in [1.82, 2.24) is 10.3 Å². The molecule has 14 heavy (non-hydrogen) atoms. The number of nitrogens with one attached hydrogen (secondary N) is 1. The molecule has 0 radical (unpaired) electrons. The molecule has 0 spiro atoms. The molecule has 5 heteroatoms. The minimum atomic E-state index is -0.383. The van der Waals surface area contributed by atoms with E-state index >= 15 is 0 Å². The van der Waals surface area contributed by atoms with Crippen LogP contribution in [0.25, 0.3) is 0 Å². The molecule has 0 bridgehead atoms. The van der Waals surface area contributed by atoms with Gasteiger partial charge in [0, 0.05) is 31.7 Å². The summed E-state index contributed by atoms with van der Waals surface area (Å²) >= 11 is 1.60. The highest BCUT2D eigenvalue weighted by atomic mass is 32.1. The second-order valence-electron chi connectivity index (χ2n) is 2.84. The summed E-state index contributed by atoms with van der Waals surface area (Å²) in [4.78, 5) is 15.4. The first-order valence-corrected chi connectivity index (χ1v) is 5.31. The maximum Gasteiger partial charge on any atom is 0.248 e. The molecule has 1 atom stereocenters. The van der Waals surface area contributed by atoms with E-state index in [-0.39, 0.29) is 12.0 Å². The average molecular weight is 214 g/mol. The van der Waals surface area contributed by atoms with Crippen LogP contribution >= 0.6 is 11.3 Å². The van der Waals surface area contributed by atoms with Crippen LogP contribution in [0, 0.1) is 0 Å². The number of amides is 1. The van der Waals surface area contributed by atoms with Crippen LogP contribution in [0.5, 0.6) is 0 Å². The van der Waals surface area contributed by atoms with Crippen molar-refractivity contribution in [2.75, 3.05) is 13.7 Å². The van der Waals surface area contributed by atoms with E-state index in [2.05, 4.69) is 10.3 Å². The highest BCUT2D eigenvalue weighted by molar-refractivity contribution is 7.09. The molecule has 0 aliphatic carbocycles. The average Bonchev–Trinajstić information content (AvgIpc) is 2.69. The number of methoxy groups -OCH3 is 1. The van der Waals surface area contributed by atoms with Crippen molar-refractivity contribution in [3.8, 4) is 0 Å². The van der Waals surface area contributed by atoms with Gasteiger partial charge in [-0.1, -0.05) is 0 Å². The van der Waals surface area contributed by atoms with Crippen LogP contribution in [0.4, 0.5) is 0 Å². The van der Waals surface area contributed by atoms with Gasteiger partial charge < -0.3 is 10.1 Å². The molecule has 1 rings (SSSR count). The van der Waals surface area contributed by atoms with Crippen LogP contribution in [-0.4, -0.2) is 30.6 Å². The maximum absolute atomic E-state index is 11.2. The van der Waals surface area contributed by atoms with Crippen LogP contribution in [-0.2, 0) is 16.0 Å². The topological polar surface area (TPSA) is 51.2 Å². The summed E-state index contributed by atoms with van der Waals surface area (Å²) in [5, 5.41) is 5.74. The van der Waals surface area contributed by atoms with Crippen LogP contribution < -0.4 is 5.32 Å². The fraction of sp³-hybridized carbons (Fsp3) is 0.556. The monoisotopic (exact) mass is 214 g/mol. The Balaban J connectivity index is 2.18. The molecule has 0 fully saturated rings.